The number of amides is 1. The van der Waals surface area contributed by atoms with E-state index >= 15 is 0 Å². The molecule has 0 bridgehead atoms. The Labute approximate surface area is 74.1 Å². The average Bonchev–Trinajstić information content (AvgIpc) is 2.02. The van der Waals surface area contributed by atoms with Gasteiger partial charge in [-0.15, -0.1) is 0 Å². The fourth-order valence-electron chi connectivity index (χ4n) is 1.05. The van der Waals surface area contributed by atoms with Gasteiger partial charge in [0.1, 0.15) is 0 Å². The van der Waals surface area contributed by atoms with Crippen molar-refractivity contribution in [3.8, 4) is 0 Å². The lowest BCUT2D eigenvalue weighted by atomic mass is 10.3. The van der Waals surface area contributed by atoms with Crippen LogP contribution in [0.3, 0.4) is 0 Å². The highest BCUT2D eigenvalue weighted by Gasteiger charge is 2.04. The molecule has 0 radical (unpaired) electrons. The van der Waals surface area contributed by atoms with Crippen molar-refractivity contribution in [1.82, 2.24) is 10.2 Å². The number of likely N-dealkylation sites (N-methyl/N-ethyl adjacent to an activating group) is 1. The van der Waals surface area contributed by atoms with Crippen LogP contribution >= 0.6 is 0 Å². The fraction of sp³-hybridized carbons (Fsp3) is 0.875. The third-order valence-corrected chi connectivity index (χ3v) is 1.73. The summed E-state index contributed by atoms with van der Waals surface area (Å²) in [7, 11) is 1.92. The Morgan fingerprint density at radius 1 is 1.58 bits per heavy atom. The summed E-state index contributed by atoms with van der Waals surface area (Å²) in [4.78, 5) is 12.6. The van der Waals surface area contributed by atoms with Crippen LogP contribution in [0.2, 0.25) is 0 Å². The van der Waals surface area contributed by atoms with E-state index in [0.29, 0.717) is 6.54 Å². The summed E-state index contributed by atoms with van der Waals surface area (Å²) in [6.07, 6.45) is 1.05. The lowest BCUT2D eigenvalue weighted by Gasteiger charge is -2.17. The molecule has 12 heavy (non-hydrogen) atoms. The fourth-order valence-corrected chi connectivity index (χ4v) is 1.05. The molecule has 1 amide bonds. The summed E-state index contributed by atoms with van der Waals surface area (Å²) in [5, 5.41) is 3.06. The summed E-state index contributed by atoms with van der Waals surface area (Å²) >= 11 is 0. The first kappa shape index (κ1) is 11.4. The van der Waals surface area contributed by atoms with Gasteiger partial charge in [0.05, 0.1) is 6.54 Å². The van der Waals surface area contributed by atoms with Crippen molar-refractivity contribution >= 4 is 5.91 Å². The first-order valence-electron chi connectivity index (χ1n) is 4.36. The molecule has 0 aromatic rings. The maximum absolute atomic E-state index is 10.6. The highest BCUT2D eigenvalue weighted by atomic mass is 16.1. The van der Waals surface area contributed by atoms with E-state index in [1.807, 2.05) is 18.9 Å². The Morgan fingerprint density at radius 2 is 2.25 bits per heavy atom. The number of nitrogens with one attached hydrogen (secondary N) is 1. The largest absolute Gasteiger partial charge is 0.369 e. The normalized spacial score (nSPS) is 10.6. The van der Waals surface area contributed by atoms with E-state index < -0.39 is 0 Å². The standard InChI is InChI=1S/C8H19N3O/c1-3-11(7-8(9)12)6-4-5-10-2/h10H,3-7H2,1-2H3,(H2,9,12). The topological polar surface area (TPSA) is 58.4 Å². The van der Waals surface area contributed by atoms with E-state index in [2.05, 4.69) is 5.32 Å². The van der Waals surface area contributed by atoms with Crippen LogP contribution in [0.4, 0.5) is 0 Å². The highest BCUT2D eigenvalue weighted by molar-refractivity contribution is 5.75. The molecule has 4 nitrogen and oxygen atoms in total. The van der Waals surface area contributed by atoms with E-state index in [0.717, 1.165) is 26.1 Å². The molecule has 0 saturated heterocycles. The number of hydrogen-bond acceptors (Lipinski definition) is 3. The van der Waals surface area contributed by atoms with Crippen LogP contribution in [0.25, 0.3) is 0 Å². The number of carbonyl (C=O) groups is 1. The summed E-state index contributed by atoms with van der Waals surface area (Å²) in [5.41, 5.74) is 5.08. The maximum atomic E-state index is 10.6. The molecule has 0 atom stereocenters. The van der Waals surface area contributed by atoms with Gasteiger partial charge in [-0.25, -0.2) is 0 Å². The van der Waals surface area contributed by atoms with Gasteiger partial charge in [-0.1, -0.05) is 6.92 Å². The monoisotopic (exact) mass is 173 g/mol. The number of hydrogen-bond donors (Lipinski definition) is 2. The van der Waals surface area contributed by atoms with Crippen molar-refractivity contribution in [2.24, 2.45) is 5.73 Å². The predicted octanol–water partition coefficient (Wildman–Crippen LogP) is -0.597. The number of nitrogens with zero attached hydrogens (tertiary/aromatic N) is 1. The van der Waals surface area contributed by atoms with Crippen LogP contribution in [0.1, 0.15) is 13.3 Å². The molecule has 0 aromatic heterocycles. The highest BCUT2D eigenvalue weighted by Crippen LogP contribution is 1.89. The summed E-state index contributed by atoms with van der Waals surface area (Å²) in [5.74, 6) is -0.249. The molecule has 72 valence electrons. The molecule has 0 rings (SSSR count). The minimum atomic E-state index is -0.249. The van der Waals surface area contributed by atoms with Crippen molar-refractivity contribution in [2.75, 3.05) is 33.2 Å². The molecule has 0 aliphatic carbocycles. The zero-order valence-electron chi connectivity index (χ0n) is 7.97. The molecule has 4 heteroatoms. The second-order valence-corrected chi connectivity index (χ2v) is 2.79. The van der Waals surface area contributed by atoms with E-state index in [1.165, 1.54) is 0 Å². The van der Waals surface area contributed by atoms with Crippen molar-refractivity contribution < 1.29 is 4.79 Å². The maximum Gasteiger partial charge on any atom is 0.231 e. The van der Waals surface area contributed by atoms with Crippen molar-refractivity contribution in [2.45, 2.75) is 13.3 Å². The van der Waals surface area contributed by atoms with E-state index in [-0.39, 0.29) is 5.91 Å². The van der Waals surface area contributed by atoms with Gasteiger partial charge in [0, 0.05) is 0 Å². The van der Waals surface area contributed by atoms with Crippen molar-refractivity contribution in [3.05, 3.63) is 0 Å². The molecule has 0 heterocycles. The van der Waals surface area contributed by atoms with Gasteiger partial charge in [-0.2, -0.15) is 0 Å². The molecule has 0 spiro atoms. The number of nitrogens with two attached hydrogens (primary N) is 1. The van der Waals surface area contributed by atoms with Crippen LogP contribution in [0, 0.1) is 0 Å². The van der Waals surface area contributed by atoms with Crippen LogP contribution in [-0.2, 0) is 4.79 Å². The van der Waals surface area contributed by atoms with Gasteiger partial charge < -0.3 is 11.1 Å². The van der Waals surface area contributed by atoms with Crippen molar-refractivity contribution in [3.63, 3.8) is 0 Å². The predicted molar refractivity (Wildman–Crippen MR) is 49.9 cm³/mol. The smallest absolute Gasteiger partial charge is 0.231 e. The van der Waals surface area contributed by atoms with Crippen molar-refractivity contribution in [1.29, 1.82) is 0 Å². The van der Waals surface area contributed by atoms with Gasteiger partial charge in [0.15, 0.2) is 0 Å². The van der Waals surface area contributed by atoms with Gasteiger partial charge in [-0.3, -0.25) is 9.69 Å². The Bertz CT molecular complexity index is 127. The lowest BCUT2D eigenvalue weighted by molar-refractivity contribution is -0.119. The van der Waals surface area contributed by atoms with E-state index in [9.17, 15) is 4.79 Å². The molecule has 0 fully saturated rings. The summed E-state index contributed by atoms with van der Waals surface area (Å²) < 4.78 is 0. The molecule has 0 aliphatic heterocycles. The van der Waals surface area contributed by atoms with Gasteiger partial charge in [0.25, 0.3) is 0 Å². The summed E-state index contributed by atoms with van der Waals surface area (Å²) in [6.45, 7) is 5.20. The number of primary amides is 1. The SMILES string of the molecule is CCN(CCCNC)CC(N)=O. The van der Waals surface area contributed by atoms with Gasteiger partial charge in [0.2, 0.25) is 5.91 Å². The number of carbonyl (C=O) groups excluding carboxylic acids is 1. The van der Waals surface area contributed by atoms with Crippen LogP contribution in [0.5, 0.6) is 0 Å². The molecule has 0 aromatic carbocycles. The zero-order valence-corrected chi connectivity index (χ0v) is 7.97. The first-order chi connectivity index (χ1) is 5.70. The minimum absolute atomic E-state index is 0.249. The average molecular weight is 173 g/mol. The van der Waals surface area contributed by atoms with Crippen LogP contribution in [-0.4, -0.2) is 44.0 Å². The van der Waals surface area contributed by atoms with Crippen LogP contribution < -0.4 is 11.1 Å². The molecule has 3 N–H and O–H groups in total. The first-order valence-corrected chi connectivity index (χ1v) is 4.36. The summed E-state index contributed by atoms with van der Waals surface area (Å²) in [6, 6.07) is 0. The quantitative estimate of drug-likeness (QED) is 0.506. The molecule has 0 saturated carbocycles. The van der Waals surface area contributed by atoms with Gasteiger partial charge >= 0.3 is 0 Å². The van der Waals surface area contributed by atoms with E-state index in [4.69, 9.17) is 5.73 Å². The Kier molecular flexibility index (Phi) is 6.70. The third-order valence-electron chi connectivity index (χ3n) is 1.73. The number of rotatable bonds is 7. The molecule has 0 unspecified atom stereocenters. The van der Waals surface area contributed by atoms with Crippen LogP contribution in [0.15, 0.2) is 0 Å². The Balaban J connectivity index is 3.46. The molecular formula is C8H19N3O. The third kappa shape index (κ3) is 6.12. The Morgan fingerprint density at radius 3 is 2.67 bits per heavy atom. The second kappa shape index (κ2) is 7.06. The van der Waals surface area contributed by atoms with Gasteiger partial charge in [-0.05, 0) is 33.1 Å². The molecule has 0 aliphatic rings. The lowest BCUT2D eigenvalue weighted by Crippen LogP contribution is -2.35. The minimum Gasteiger partial charge on any atom is -0.369 e. The molecular weight excluding hydrogens is 154 g/mol. The zero-order chi connectivity index (χ0) is 9.40. The van der Waals surface area contributed by atoms with E-state index in [1.54, 1.807) is 0 Å². The second-order valence-electron chi connectivity index (χ2n) is 2.79. The Hall–Kier alpha value is -0.610.